The molecular weight excluding hydrogens is 226 g/mol. The minimum absolute atomic E-state index is 0.468. The summed E-state index contributed by atoms with van der Waals surface area (Å²) in [6.07, 6.45) is 0. The number of halogens is 3. The molecule has 0 unspecified atom stereocenters. The van der Waals surface area contributed by atoms with E-state index in [9.17, 15) is 9.59 Å². The molecule has 6 heteroatoms. The Morgan fingerprint density at radius 1 is 0.833 bits per heavy atom. The van der Waals surface area contributed by atoms with Crippen LogP contribution in [0.2, 0.25) is 0 Å². The number of carbonyl (C=O) groups is 2. The van der Waals surface area contributed by atoms with E-state index in [0.717, 1.165) is 0 Å². The molecule has 1 aliphatic rings. The lowest BCUT2D eigenvalue weighted by Gasteiger charge is -2.08. The molecule has 3 nitrogen and oxygen atoms in total. The molecule has 0 fully saturated rings. The van der Waals surface area contributed by atoms with Crippen molar-refractivity contribution in [1.29, 1.82) is 0 Å². The Morgan fingerprint density at radius 3 is 1.75 bits per heavy atom. The van der Waals surface area contributed by atoms with Crippen LogP contribution in [0.1, 0.15) is 0 Å². The second-order valence-corrected chi connectivity index (χ2v) is 3.08. The van der Waals surface area contributed by atoms with Gasteiger partial charge in [-0.25, -0.2) is 0 Å². The van der Waals surface area contributed by atoms with Crippen molar-refractivity contribution in [3.8, 4) is 0 Å². The summed E-state index contributed by atoms with van der Waals surface area (Å²) in [7, 11) is 0. The van der Waals surface area contributed by atoms with Crippen molar-refractivity contribution >= 4 is 46.4 Å². The highest BCUT2D eigenvalue weighted by Gasteiger charge is 2.32. The molecule has 0 aromatic rings. The standard InChI is InChI=1S/C6HCl3O3/c7-1-2(8)5(11)6(12)3(9)4(1)10/h12H. The highest BCUT2D eigenvalue weighted by atomic mass is 35.5. The Morgan fingerprint density at radius 2 is 1.25 bits per heavy atom. The van der Waals surface area contributed by atoms with Crippen molar-refractivity contribution in [2.75, 3.05) is 0 Å². The number of hydrogen-bond donors (Lipinski definition) is 1. The van der Waals surface area contributed by atoms with E-state index in [1.165, 1.54) is 0 Å². The summed E-state index contributed by atoms with van der Waals surface area (Å²) < 4.78 is 0. The molecule has 0 heterocycles. The van der Waals surface area contributed by atoms with Gasteiger partial charge in [0.1, 0.15) is 15.1 Å². The molecule has 0 aromatic carbocycles. The first kappa shape index (κ1) is 9.58. The molecule has 1 aliphatic carbocycles. The van der Waals surface area contributed by atoms with Gasteiger partial charge in [-0.05, 0) is 0 Å². The fraction of sp³-hybridized carbons (Fsp3) is 0. The van der Waals surface area contributed by atoms with Crippen LogP contribution in [0.4, 0.5) is 0 Å². The summed E-state index contributed by atoms with van der Waals surface area (Å²) >= 11 is 15.9. The Hall–Kier alpha value is -0.510. The lowest BCUT2D eigenvalue weighted by atomic mass is 10.1. The SMILES string of the molecule is O=C1C(O)=C(Cl)C(=O)C(Cl)=C1Cl. The predicted molar refractivity (Wildman–Crippen MR) is 44.3 cm³/mol. The maximum Gasteiger partial charge on any atom is 0.242 e. The number of aliphatic hydroxyl groups excluding tert-OH is 1. The fourth-order valence-electron chi connectivity index (χ4n) is 0.607. The van der Waals surface area contributed by atoms with Gasteiger partial charge >= 0.3 is 0 Å². The monoisotopic (exact) mass is 226 g/mol. The Kier molecular flexibility index (Phi) is 2.46. The van der Waals surface area contributed by atoms with Gasteiger partial charge in [-0.3, -0.25) is 9.59 Å². The van der Waals surface area contributed by atoms with Gasteiger partial charge in [0.2, 0.25) is 11.6 Å². The van der Waals surface area contributed by atoms with Crippen LogP contribution in [0.25, 0.3) is 0 Å². The fourth-order valence-corrected chi connectivity index (χ4v) is 1.19. The zero-order valence-corrected chi connectivity index (χ0v) is 7.67. The topological polar surface area (TPSA) is 54.4 Å². The van der Waals surface area contributed by atoms with Crippen LogP contribution < -0.4 is 0 Å². The van der Waals surface area contributed by atoms with Gasteiger partial charge in [0.05, 0.1) is 0 Å². The highest BCUT2D eigenvalue weighted by Crippen LogP contribution is 2.29. The predicted octanol–water partition coefficient (Wildman–Crippen LogP) is 1.84. The Labute approximate surface area is 82.2 Å². The minimum atomic E-state index is -0.939. The molecule has 64 valence electrons. The van der Waals surface area contributed by atoms with Crippen molar-refractivity contribution in [3.05, 3.63) is 20.9 Å². The summed E-state index contributed by atoms with van der Waals surface area (Å²) in [6.45, 7) is 0. The third kappa shape index (κ3) is 1.24. The number of rotatable bonds is 0. The molecule has 1 rings (SSSR count). The summed E-state index contributed by atoms with van der Waals surface area (Å²) in [5.41, 5.74) is 0. The Balaban J connectivity index is 3.32. The lowest BCUT2D eigenvalue weighted by Crippen LogP contribution is -2.17. The molecule has 0 saturated carbocycles. The van der Waals surface area contributed by atoms with E-state index >= 15 is 0 Å². The van der Waals surface area contributed by atoms with Gasteiger partial charge in [-0.15, -0.1) is 0 Å². The number of hydrogen-bond acceptors (Lipinski definition) is 3. The van der Waals surface area contributed by atoms with Gasteiger partial charge in [0, 0.05) is 0 Å². The summed E-state index contributed by atoms with van der Waals surface area (Å²) in [6, 6.07) is 0. The van der Waals surface area contributed by atoms with Gasteiger partial charge in [0.25, 0.3) is 0 Å². The van der Waals surface area contributed by atoms with Crippen molar-refractivity contribution in [2.45, 2.75) is 0 Å². The third-order valence-electron chi connectivity index (χ3n) is 1.21. The number of allylic oxidation sites excluding steroid dienone is 3. The number of ketones is 2. The maximum absolute atomic E-state index is 10.9. The van der Waals surface area contributed by atoms with Crippen molar-refractivity contribution < 1.29 is 14.7 Å². The number of Topliss-reactive ketones (excluding diaryl/α,β-unsaturated/α-hetero) is 2. The largest absolute Gasteiger partial charge is 0.503 e. The highest BCUT2D eigenvalue weighted by molar-refractivity contribution is 6.63. The maximum atomic E-state index is 10.9. The van der Waals surface area contributed by atoms with Crippen molar-refractivity contribution in [2.24, 2.45) is 0 Å². The normalized spacial score (nSPS) is 19.2. The minimum Gasteiger partial charge on any atom is -0.503 e. The van der Waals surface area contributed by atoms with E-state index in [1.807, 2.05) is 0 Å². The molecule has 0 saturated heterocycles. The first-order valence-electron chi connectivity index (χ1n) is 2.70. The summed E-state index contributed by atoms with van der Waals surface area (Å²) in [5, 5.41) is 7.32. The van der Waals surface area contributed by atoms with Crippen LogP contribution in [0, 0.1) is 0 Å². The van der Waals surface area contributed by atoms with E-state index in [0.29, 0.717) is 0 Å². The number of carbonyl (C=O) groups excluding carboxylic acids is 2. The molecule has 0 amide bonds. The third-order valence-corrected chi connectivity index (χ3v) is 2.38. The summed E-state index contributed by atoms with van der Waals surface area (Å²) in [5.74, 6) is -2.65. The second kappa shape index (κ2) is 3.09. The van der Waals surface area contributed by atoms with E-state index in [-0.39, 0.29) is 0 Å². The zero-order chi connectivity index (χ0) is 9.46. The van der Waals surface area contributed by atoms with Crippen LogP contribution >= 0.6 is 34.8 Å². The number of aliphatic hydroxyl groups is 1. The zero-order valence-electron chi connectivity index (χ0n) is 5.40. The molecule has 0 aliphatic heterocycles. The van der Waals surface area contributed by atoms with Gasteiger partial charge in [0.15, 0.2) is 5.76 Å². The Bertz CT molecular complexity index is 278. The first-order chi connectivity index (χ1) is 5.46. The molecule has 0 bridgehead atoms. The van der Waals surface area contributed by atoms with Crippen LogP contribution in [0.15, 0.2) is 20.9 Å². The molecule has 1 N–H and O–H groups in total. The molecule has 0 radical (unpaired) electrons. The van der Waals surface area contributed by atoms with E-state index < -0.39 is 32.4 Å². The summed E-state index contributed by atoms with van der Waals surface area (Å²) in [4.78, 5) is 21.8. The second-order valence-electron chi connectivity index (χ2n) is 1.95. The average Bonchev–Trinajstić information content (AvgIpc) is 2.08. The molecular formula is C6HCl3O3. The van der Waals surface area contributed by atoms with Crippen molar-refractivity contribution in [3.63, 3.8) is 0 Å². The van der Waals surface area contributed by atoms with Crippen LogP contribution in [-0.4, -0.2) is 16.7 Å². The van der Waals surface area contributed by atoms with Gasteiger partial charge in [-0.2, -0.15) is 0 Å². The molecule has 0 spiro atoms. The van der Waals surface area contributed by atoms with Gasteiger partial charge < -0.3 is 5.11 Å². The van der Waals surface area contributed by atoms with E-state index in [2.05, 4.69) is 0 Å². The van der Waals surface area contributed by atoms with Crippen LogP contribution in [-0.2, 0) is 9.59 Å². The molecule has 12 heavy (non-hydrogen) atoms. The first-order valence-corrected chi connectivity index (χ1v) is 3.83. The quantitative estimate of drug-likeness (QED) is 0.642. The molecule has 0 aromatic heterocycles. The van der Waals surface area contributed by atoms with E-state index in [1.54, 1.807) is 0 Å². The van der Waals surface area contributed by atoms with E-state index in [4.69, 9.17) is 39.9 Å². The van der Waals surface area contributed by atoms with Crippen LogP contribution in [0.5, 0.6) is 0 Å². The van der Waals surface area contributed by atoms with Crippen molar-refractivity contribution in [1.82, 2.24) is 0 Å². The molecule has 0 atom stereocenters. The van der Waals surface area contributed by atoms with Gasteiger partial charge in [-0.1, -0.05) is 34.8 Å². The average molecular weight is 227 g/mol. The van der Waals surface area contributed by atoms with Crippen LogP contribution in [0.3, 0.4) is 0 Å². The smallest absolute Gasteiger partial charge is 0.242 e. The lowest BCUT2D eigenvalue weighted by molar-refractivity contribution is -0.117.